The normalized spacial score (nSPS) is 15.2. The van der Waals surface area contributed by atoms with Crippen molar-refractivity contribution in [2.45, 2.75) is 6.54 Å². The average molecular weight is 439 g/mol. The van der Waals surface area contributed by atoms with Gasteiger partial charge in [-0.25, -0.2) is 4.79 Å². The van der Waals surface area contributed by atoms with Gasteiger partial charge in [0.05, 0.1) is 17.0 Å². The monoisotopic (exact) mass is 438 g/mol. The maximum Gasteiger partial charge on any atom is 0.335 e. The highest BCUT2D eigenvalue weighted by Crippen LogP contribution is 2.33. The van der Waals surface area contributed by atoms with E-state index in [2.05, 4.69) is 0 Å². The van der Waals surface area contributed by atoms with Crippen LogP contribution in [-0.4, -0.2) is 31.7 Å². The number of hydrogen-bond donors (Lipinski definition) is 1. The molecule has 0 saturated carbocycles. The first-order chi connectivity index (χ1) is 14.4. The van der Waals surface area contributed by atoms with E-state index in [9.17, 15) is 19.5 Å². The Bertz CT molecular complexity index is 1180. The third-order valence-electron chi connectivity index (χ3n) is 4.56. The first-order valence-corrected chi connectivity index (χ1v) is 10.1. The Labute approximate surface area is 181 Å². The Balaban J connectivity index is 1.60. The molecule has 0 bridgehead atoms. The number of aromatic carboxylic acids is 1. The molecule has 0 spiro atoms. The van der Waals surface area contributed by atoms with Crippen LogP contribution in [0.2, 0.25) is 5.02 Å². The van der Waals surface area contributed by atoms with Crippen molar-refractivity contribution in [2.24, 2.45) is 0 Å². The van der Waals surface area contributed by atoms with E-state index in [0.717, 1.165) is 17.3 Å². The number of carboxylic acid groups (broad SMARTS) is 1. The maximum atomic E-state index is 12.8. The van der Waals surface area contributed by atoms with E-state index in [-0.39, 0.29) is 23.3 Å². The number of benzene rings is 2. The topological polar surface area (TPSA) is 79.6 Å². The van der Waals surface area contributed by atoms with Gasteiger partial charge in [-0.15, -0.1) is 0 Å². The number of halogens is 1. The fraction of sp³-hybridized carbons (Fsp3) is 0.0455. The highest BCUT2D eigenvalue weighted by molar-refractivity contribution is 8.18. The van der Waals surface area contributed by atoms with Crippen molar-refractivity contribution in [3.8, 4) is 5.69 Å². The smallest absolute Gasteiger partial charge is 0.335 e. The van der Waals surface area contributed by atoms with E-state index in [1.54, 1.807) is 71.4 Å². The summed E-state index contributed by atoms with van der Waals surface area (Å²) < 4.78 is 1.76. The summed E-state index contributed by atoms with van der Waals surface area (Å²) in [4.78, 5) is 38.0. The van der Waals surface area contributed by atoms with E-state index >= 15 is 0 Å². The minimum Gasteiger partial charge on any atom is -0.478 e. The predicted octanol–water partition coefficient (Wildman–Crippen LogP) is 5.07. The summed E-state index contributed by atoms with van der Waals surface area (Å²) >= 11 is 6.76. The standard InChI is InChI=1S/C22H15ClN2O4S/c23-16-8-6-14(7-9-16)13-25-20(26)19(30-22(25)29)12-18-5-2-10-24(18)17-4-1-3-15(11-17)21(27)28/h1-12H,13H2,(H,27,28)/b19-12+. The van der Waals surface area contributed by atoms with Gasteiger partial charge in [0.2, 0.25) is 0 Å². The second-order valence-corrected chi connectivity index (χ2v) is 7.98. The number of amides is 2. The molecule has 4 rings (SSSR count). The number of carbonyl (C=O) groups excluding carboxylic acids is 2. The maximum absolute atomic E-state index is 12.8. The molecule has 2 heterocycles. The van der Waals surface area contributed by atoms with Crippen molar-refractivity contribution in [2.75, 3.05) is 0 Å². The molecule has 1 aliphatic rings. The average Bonchev–Trinajstić information content (AvgIpc) is 3.30. The molecule has 1 aliphatic heterocycles. The molecule has 6 nitrogen and oxygen atoms in total. The zero-order valence-corrected chi connectivity index (χ0v) is 17.1. The highest BCUT2D eigenvalue weighted by Gasteiger charge is 2.35. The van der Waals surface area contributed by atoms with Gasteiger partial charge in [0.1, 0.15) is 0 Å². The summed E-state index contributed by atoms with van der Waals surface area (Å²) in [6, 6.07) is 17.0. The first-order valence-electron chi connectivity index (χ1n) is 8.93. The fourth-order valence-corrected chi connectivity index (χ4v) is 4.03. The Hall–Kier alpha value is -3.29. The minimum absolute atomic E-state index is 0.162. The Morgan fingerprint density at radius 2 is 1.83 bits per heavy atom. The van der Waals surface area contributed by atoms with Crippen LogP contribution in [0.1, 0.15) is 21.6 Å². The van der Waals surface area contributed by atoms with Gasteiger partial charge in [-0.3, -0.25) is 14.5 Å². The van der Waals surface area contributed by atoms with Crippen LogP contribution in [-0.2, 0) is 11.3 Å². The molecule has 0 radical (unpaired) electrons. The zero-order chi connectivity index (χ0) is 21.3. The van der Waals surface area contributed by atoms with Gasteiger partial charge in [0, 0.05) is 22.6 Å². The first kappa shape index (κ1) is 20.0. The van der Waals surface area contributed by atoms with Crippen molar-refractivity contribution in [3.05, 3.63) is 93.6 Å². The van der Waals surface area contributed by atoms with Gasteiger partial charge >= 0.3 is 5.97 Å². The molecule has 1 saturated heterocycles. The van der Waals surface area contributed by atoms with Crippen molar-refractivity contribution in [1.29, 1.82) is 0 Å². The van der Waals surface area contributed by atoms with Gasteiger partial charge in [-0.2, -0.15) is 0 Å². The number of thioether (sulfide) groups is 1. The second-order valence-electron chi connectivity index (χ2n) is 6.55. The van der Waals surface area contributed by atoms with Crippen LogP contribution < -0.4 is 0 Å². The molecule has 1 aromatic heterocycles. The molecule has 2 aromatic carbocycles. The predicted molar refractivity (Wildman–Crippen MR) is 116 cm³/mol. The molecular weight excluding hydrogens is 424 g/mol. The third-order valence-corrected chi connectivity index (χ3v) is 5.72. The van der Waals surface area contributed by atoms with Crippen molar-refractivity contribution >= 4 is 46.6 Å². The zero-order valence-electron chi connectivity index (χ0n) is 15.5. The fourth-order valence-electron chi connectivity index (χ4n) is 3.08. The lowest BCUT2D eigenvalue weighted by molar-refractivity contribution is -0.123. The summed E-state index contributed by atoms with van der Waals surface area (Å²) in [5.74, 6) is -1.39. The third kappa shape index (κ3) is 4.03. The van der Waals surface area contributed by atoms with Gasteiger partial charge in [0.15, 0.2) is 0 Å². The van der Waals surface area contributed by atoms with Crippen LogP contribution in [0.25, 0.3) is 11.8 Å². The number of hydrogen-bond acceptors (Lipinski definition) is 4. The lowest BCUT2D eigenvalue weighted by Gasteiger charge is -2.12. The van der Waals surface area contributed by atoms with Crippen LogP contribution in [0.15, 0.2) is 71.8 Å². The second kappa shape index (κ2) is 8.22. The van der Waals surface area contributed by atoms with Crippen LogP contribution >= 0.6 is 23.4 Å². The van der Waals surface area contributed by atoms with Gasteiger partial charge < -0.3 is 9.67 Å². The van der Waals surface area contributed by atoms with E-state index in [1.165, 1.54) is 11.0 Å². The van der Waals surface area contributed by atoms with Gasteiger partial charge in [-0.05, 0) is 65.9 Å². The highest BCUT2D eigenvalue weighted by atomic mass is 35.5. The molecule has 2 amide bonds. The van der Waals surface area contributed by atoms with E-state index in [1.807, 2.05) is 0 Å². The number of nitrogens with zero attached hydrogens (tertiary/aromatic N) is 2. The van der Waals surface area contributed by atoms with Crippen LogP contribution in [0.3, 0.4) is 0 Å². The number of aromatic nitrogens is 1. The lowest BCUT2D eigenvalue weighted by Crippen LogP contribution is -2.27. The number of rotatable bonds is 5. The van der Waals surface area contributed by atoms with Gasteiger partial charge in [-0.1, -0.05) is 29.8 Å². The Morgan fingerprint density at radius 3 is 2.57 bits per heavy atom. The molecule has 0 unspecified atom stereocenters. The molecule has 8 heteroatoms. The van der Waals surface area contributed by atoms with Crippen LogP contribution in [0.4, 0.5) is 4.79 Å². The van der Waals surface area contributed by atoms with Crippen LogP contribution in [0, 0.1) is 0 Å². The number of carboxylic acids is 1. The lowest BCUT2D eigenvalue weighted by atomic mass is 10.2. The number of carbonyl (C=O) groups is 3. The van der Waals surface area contributed by atoms with Crippen molar-refractivity contribution < 1.29 is 19.5 Å². The summed E-state index contributed by atoms with van der Waals surface area (Å²) in [6.45, 7) is 0.168. The molecule has 0 aliphatic carbocycles. The molecule has 0 atom stereocenters. The Morgan fingerprint density at radius 1 is 1.07 bits per heavy atom. The Kier molecular flexibility index (Phi) is 5.48. The van der Waals surface area contributed by atoms with Crippen LogP contribution in [0.5, 0.6) is 0 Å². The van der Waals surface area contributed by atoms with Crippen molar-refractivity contribution in [1.82, 2.24) is 9.47 Å². The molecule has 30 heavy (non-hydrogen) atoms. The van der Waals surface area contributed by atoms with Crippen molar-refractivity contribution in [3.63, 3.8) is 0 Å². The summed E-state index contributed by atoms with van der Waals surface area (Å²) in [5, 5.41) is 9.46. The van der Waals surface area contributed by atoms with E-state index < -0.39 is 5.97 Å². The molecule has 150 valence electrons. The SMILES string of the molecule is O=C(O)c1cccc(-n2cccc2/C=C2/SC(=O)N(Cc3ccc(Cl)cc3)C2=O)c1. The summed E-state index contributed by atoms with van der Waals surface area (Å²) in [6.07, 6.45) is 3.41. The molecular formula is C22H15ClN2O4S. The van der Waals surface area contributed by atoms with E-state index in [0.29, 0.717) is 21.3 Å². The van der Waals surface area contributed by atoms with E-state index in [4.69, 9.17) is 11.6 Å². The molecule has 1 N–H and O–H groups in total. The largest absolute Gasteiger partial charge is 0.478 e. The minimum atomic E-state index is -1.02. The summed E-state index contributed by atoms with van der Waals surface area (Å²) in [7, 11) is 0. The number of imide groups is 1. The molecule has 3 aromatic rings. The summed E-state index contributed by atoms with van der Waals surface area (Å²) in [5.41, 5.74) is 2.27. The quantitative estimate of drug-likeness (QED) is 0.563. The molecule has 1 fully saturated rings. The van der Waals surface area contributed by atoms with Gasteiger partial charge in [0.25, 0.3) is 11.1 Å².